The Morgan fingerprint density at radius 3 is 2.50 bits per heavy atom. The molecule has 2 aliphatic heterocycles. The molecule has 0 spiro atoms. The van der Waals surface area contributed by atoms with Gasteiger partial charge in [0, 0.05) is 36.7 Å². The Labute approximate surface area is 120 Å². The lowest BCUT2D eigenvalue weighted by Gasteiger charge is -2.34. The Balaban J connectivity index is 1.64. The average Bonchev–Trinajstić information content (AvgIpc) is 2.83. The Morgan fingerprint density at radius 1 is 1.20 bits per heavy atom. The van der Waals surface area contributed by atoms with E-state index >= 15 is 0 Å². The van der Waals surface area contributed by atoms with Crippen molar-refractivity contribution < 1.29 is 4.79 Å². The van der Waals surface area contributed by atoms with Gasteiger partial charge in [-0.05, 0) is 37.8 Å². The molecule has 2 heterocycles. The molecule has 2 fully saturated rings. The van der Waals surface area contributed by atoms with E-state index in [2.05, 4.69) is 17.2 Å². The predicted molar refractivity (Wildman–Crippen MR) is 79.1 cm³/mol. The molecule has 1 aromatic carbocycles. The summed E-state index contributed by atoms with van der Waals surface area (Å²) in [6.07, 6.45) is 4.62. The Hall–Kier alpha value is -1.79. The van der Waals surface area contributed by atoms with Crippen LogP contribution in [0.4, 0.5) is 0 Å². The van der Waals surface area contributed by atoms with Crippen molar-refractivity contribution in [1.29, 1.82) is 0 Å². The molecule has 3 rings (SSSR count). The SMILES string of the molecule is CN(C(=O)C#Cc1ccccc1)C1CC2CCC(C1)N2. The van der Waals surface area contributed by atoms with Gasteiger partial charge in [-0.3, -0.25) is 4.79 Å². The smallest absolute Gasteiger partial charge is 0.298 e. The van der Waals surface area contributed by atoms with Gasteiger partial charge in [0.05, 0.1) is 0 Å². The molecule has 2 bridgehead atoms. The lowest BCUT2D eigenvalue weighted by atomic mass is 9.98. The van der Waals surface area contributed by atoms with Crippen LogP contribution in [0.15, 0.2) is 30.3 Å². The number of rotatable bonds is 1. The van der Waals surface area contributed by atoms with Crippen LogP contribution in [-0.2, 0) is 4.79 Å². The summed E-state index contributed by atoms with van der Waals surface area (Å²) in [7, 11) is 1.89. The largest absolute Gasteiger partial charge is 0.332 e. The van der Waals surface area contributed by atoms with Crippen molar-refractivity contribution >= 4 is 5.91 Å². The highest BCUT2D eigenvalue weighted by Crippen LogP contribution is 2.29. The van der Waals surface area contributed by atoms with E-state index in [0.29, 0.717) is 18.1 Å². The van der Waals surface area contributed by atoms with E-state index in [4.69, 9.17) is 0 Å². The number of nitrogens with zero attached hydrogens (tertiary/aromatic N) is 1. The van der Waals surface area contributed by atoms with Gasteiger partial charge >= 0.3 is 0 Å². The highest BCUT2D eigenvalue weighted by atomic mass is 16.2. The van der Waals surface area contributed by atoms with Gasteiger partial charge in [-0.1, -0.05) is 24.1 Å². The topological polar surface area (TPSA) is 32.3 Å². The van der Waals surface area contributed by atoms with Gasteiger partial charge in [-0.25, -0.2) is 0 Å². The minimum Gasteiger partial charge on any atom is -0.332 e. The molecule has 2 unspecified atom stereocenters. The first-order valence-corrected chi connectivity index (χ1v) is 7.32. The van der Waals surface area contributed by atoms with Crippen LogP contribution in [0, 0.1) is 11.8 Å². The molecule has 1 N–H and O–H groups in total. The number of benzene rings is 1. The molecule has 0 saturated carbocycles. The maximum atomic E-state index is 12.2. The van der Waals surface area contributed by atoms with Gasteiger partial charge in [-0.2, -0.15) is 0 Å². The number of piperidine rings is 1. The summed E-state index contributed by atoms with van der Waals surface area (Å²) in [6, 6.07) is 11.2. The third-order valence-corrected chi connectivity index (χ3v) is 4.40. The lowest BCUT2D eigenvalue weighted by Crippen LogP contribution is -2.48. The molecule has 1 aromatic rings. The van der Waals surface area contributed by atoms with E-state index in [1.165, 1.54) is 12.8 Å². The van der Waals surface area contributed by atoms with Crippen LogP contribution < -0.4 is 5.32 Å². The Bertz CT molecular complexity index is 531. The number of hydrogen-bond acceptors (Lipinski definition) is 2. The molecule has 0 aliphatic carbocycles. The maximum absolute atomic E-state index is 12.2. The minimum atomic E-state index is -0.0693. The normalized spacial score (nSPS) is 27.6. The molecule has 0 aromatic heterocycles. The van der Waals surface area contributed by atoms with E-state index in [1.807, 2.05) is 42.3 Å². The fraction of sp³-hybridized carbons (Fsp3) is 0.471. The number of nitrogens with one attached hydrogen (secondary N) is 1. The fourth-order valence-electron chi connectivity index (χ4n) is 3.24. The van der Waals surface area contributed by atoms with E-state index < -0.39 is 0 Å². The molecule has 2 aliphatic rings. The molecule has 2 atom stereocenters. The van der Waals surface area contributed by atoms with Crippen LogP contribution >= 0.6 is 0 Å². The Morgan fingerprint density at radius 2 is 1.85 bits per heavy atom. The zero-order valence-electron chi connectivity index (χ0n) is 11.8. The number of hydrogen-bond donors (Lipinski definition) is 1. The second-order valence-corrected chi connectivity index (χ2v) is 5.80. The van der Waals surface area contributed by atoms with E-state index in [9.17, 15) is 4.79 Å². The van der Waals surface area contributed by atoms with Crippen LogP contribution in [0.25, 0.3) is 0 Å². The number of carbonyl (C=O) groups is 1. The first-order valence-electron chi connectivity index (χ1n) is 7.32. The molecular weight excluding hydrogens is 248 g/mol. The molecule has 104 valence electrons. The van der Waals surface area contributed by atoms with Gasteiger partial charge in [0.2, 0.25) is 0 Å². The molecule has 0 radical (unpaired) electrons. The molecule has 3 nitrogen and oxygen atoms in total. The standard InChI is InChI=1S/C17H20N2O/c1-19(16-11-14-8-9-15(12-16)18-14)17(20)10-7-13-5-3-2-4-6-13/h2-6,14-16,18H,8-9,11-12H2,1H3. The van der Waals surface area contributed by atoms with Crippen molar-refractivity contribution in [3.8, 4) is 11.8 Å². The third-order valence-electron chi connectivity index (χ3n) is 4.40. The fourth-order valence-corrected chi connectivity index (χ4v) is 3.24. The molecular formula is C17H20N2O. The van der Waals surface area contributed by atoms with Crippen LogP contribution in [0.5, 0.6) is 0 Å². The second kappa shape index (κ2) is 5.68. The highest BCUT2D eigenvalue weighted by Gasteiger charge is 2.36. The monoisotopic (exact) mass is 268 g/mol. The van der Waals surface area contributed by atoms with Gasteiger partial charge < -0.3 is 10.2 Å². The first kappa shape index (κ1) is 13.2. The molecule has 1 amide bonds. The van der Waals surface area contributed by atoms with Crippen molar-refractivity contribution in [1.82, 2.24) is 10.2 Å². The number of amides is 1. The van der Waals surface area contributed by atoms with Crippen LogP contribution in [0.3, 0.4) is 0 Å². The third kappa shape index (κ3) is 2.86. The highest BCUT2D eigenvalue weighted by molar-refractivity contribution is 5.94. The van der Waals surface area contributed by atoms with Crippen LogP contribution in [-0.4, -0.2) is 36.0 Å². The van der Waals surface area contributed by atoms with Gasteiger partial charge in [0.15, 0.2) is 0 Å². The van der Waals surface area contributed by atoms with Crippen LogP contribution in [0.2, 0.25) is 0 Å². The van der Waals surface area contributed by atoms with Gasteiger partial charge in [0.25, 0.3) is 5.91 Å². The Kier molecular flexibility index (Phi) is 3.75. The van der Waals surface area contributed by atoms with Gasteiger partial charge in [-0.15, -0.1) is 0 Å². The summed E-state index contributed by atoms with van der Waals surface area (Å²) < 4.78 is 0. The summed E-state index contributed by atoms with van der Waals surface area (Å²) in [5.74, 6) is 5.64. The average molecular weight is 268 g/mol. The summed E-state index contributed by atoms with van der Waals surface area (Å²) in [4.78, 5) is 14.0. The zero-order chi connectivity index (χ0) is 13.9. The maximum Gasteiger partial charge on any atom is 0.298 e. The van der Waals surface area contributed by atoms with Crippen molar-refractivity contribution in [2.75, 3.05) is 7.05 Å². The molecule has 2 saturated heterocycles. The summed E-state index contributed by atoms with van der Waals surface area (Å²) in [6.45, 7) is 0. The van der Waals surface area contributed by atoms with E-state index in [-0.39, 0.29) is 5.91 Å². The second-order valence-electron chi connectivity index (χ2n) is 5.80. The van der Waals surface area contributed by atoms with Crippen molar-refractivity contribution in [2.24, 2.45) is 0 Å². The van der Waals surface area contributed by atoms with Gasteiger partial charge in [0.1, 0.15) is 0 Å². The number of carbonyl (C=O) groups excluding carboxylic acids is 1. The van der Waals surface area contributed by atoms with Crippen molar-refractivity contribution in [3.63, 3.8) is 0 Å². The van der Waals surface area contributed by atoms with Crippen molar-refractivity contribution in [2.45, 2.75) is 43.8 Å². The summed E-state index contributed by atoms with van der Waals surface area (Å²) in [5.41, 5.74) is 0.889. The summed E-state index contributed by atoms with van der Waals surface area (Å²) in [5, 5.41) is 3.60. The zero-order valence-corrected chi connectivity index (χ0v) is 11.8. The predicted octanol–water partition coefficient (Wildman–Crippen LogP) is 1.78. The molecule has 20 heavy (non-hydrogen) atoms. The lowest BCUT2D eigenvalue weighted by molar-refractivity contribution is -0.126. The van der Waals surface area contributed by atoms with Crippen LogP contribution in [0.1, 0.15) is 31.2 Å². The van der Waals surface area contributed by atoms with E-state index in [0.717, 1.165) is 18.4 Å². The molecule has 3 heteroatoms. The van der Waals surface area contributed by atoms with Crippen molar-refractivity contribution in [3.05, 3.63) is 35.9 Å². The summed E-state index contributed by atoms with van der Waals surface area (Å²) >= 11 is 0. The quantitative estimate of drug-likeness (QED) is 0.787. The van der Waals surface area contributed by atoms with E-state index in [1.54, 1.807) is 0 Å². The number of fused-ring (bicyclic) bond motifs is 2. The minimum absolute atomic E-state index is 0.0693. The first-order chi connectivity index (χ1) is 9.72.